The van der Waals surface area contributed by atoms with Crippen LogP contribution in [0.2, 0.25) is 0 Å². The van der Waals surface area contributed by atoms with Crippen molar-refractivity contribution in [3.63, 3.8) is 0 Å². The molecule has 1 aromatic carbocycles. The van der Waals surface area contributed by atoms with Gasteiger partial charge in [0, 0.05) is 36.1 Å². The Bertz CT molecular complexity index is 688. The van der Waals surface area contributed by atoms with Gasteiger partial charge in [-0.2, -0.15) is 0 Å². The minimum absolute atomic E-state index is 0.0517. The number of fused-ring (bicyclic) bond motifs is 3. The van der Waals surface area contributed by atoms with Crippen LogP contribution in [-0.2, 0) is 11.3 Å². The van der Waals surface area contributed by atoms with Crippen molar-refractivity contribution >= 4 is 11.5 Å². The first-order chi connectivity index (χ1) is 10.2. The lowest BCUT2D eigenvalue weighted by Crippen LogP contribution is -2.38. The molecule has 0 saturated heterocycles. The van der Waals surface area contributed by atoms with Gasteiger partial charge in [0.15, 0.2) is 0 Å². The predicted molar refractivity (Wildman–Crippen MR) is 83.5 cm³/mol. The van der Waals surface area contributed by atoms with Gasteiger partial charge >= 0.3 is 0 Å². The van der Waals surface area contributed by atoms with E-state index in [-0.39, 0.29) is 11.8 Å². The van der Waals surface area contributed by atoms with Crippen LogP contribution >= 0.6 is 0 Å². The summed E-state index contributed by atoms with van der Waals surface area (Å²) in [6.45, 7) is 2.92. The molecule has 1 N–H and O–H groups in total. The summed E-state index contributed by atoms with van der Waals surface area (Å²) in [7, 11) is 0. The molecule has 2 heterocycles. The van der Waals surface area contributed by atoms with Crippen LogP contribution in [0.5, 0.6) is 0 Å². The van der Waals surface area contributed by atoms with Gasteiger partial charge < -0.3 is 9.88 Å². The summed E-state index contributed by atoms with van der Waals surface area (Å²) in [4.78, 5) is 13.0. The lowest BCUT2D eigenvalue weighted by atomic mass is 9.75. The molecule has 1 aromatic heterocycles. The number of hydrogen-bond donors (Lipinski definition) is 1. The summed E-state index contributed by atoms with van der Waals surface area (Å²) < 4.78 is 2.21. The van der Waals surface area contributed by atoms with Gasteiger partial charge in [-0.1, -0.05) is 18.2 Å². The van der Waals surface area contributed by atoms with Gasteiger partial charge in [0.25, 0.3) is 0 Å². The molecule has 108 valence electrons. The molecule has 0 amide bonds. The van der Waals surface area contributed by atoms with E-state index in [1.165, 1.54) is 11.3 Å². The molecule has 3 heteroatoms. The van der Waals surface area contributed by atoms with Crippen molar-refractivity contribution in [1.82, 2.24) is 4.57 Å². The van der Waals surface area contributed by atoms with Crippen LogP contribution in [0.4, 0.5) is 5.69 Å². The van der Waals surface area contributed by atoms with E-state index in [9.17, 15) is 4.79 Å². The Morgan fingerprint density at radius 2 is 2.05 bits per heavy atom. The van der Waals surface area contributed by atoms with E-state index in [1.54, 1.807) is 0 Å². The smallest absolute Gasteiger partial charge is 0.147 e. The molecule has 0 spiro atoms. The van der Waals surface area contributed by atoms with E-state index in [1.807, 2.05) is 12.1 Å². The maximum atomic E-state index is 13.0. The molecule has 3 unspecified atom stereocenters. The number of carbonyl (C=O) groups is 1. The Morgan fingerprint density at radius 1 is 1.19 bits per heavy atom. The number of carbonyl (C=O) groups excluding carboxylic acids is 1. The van der Waals surface area contributed by atoms with E-state index in [0.717, 1.165) is 25.1 Å². The van der Waals surface area contributed by atoms with Gasteiger partial charge in [-0.15, -0.1) is 0 Å². The number of nitrogens with zero attached hydrogens (tertiary/aromatic N) is 1. The molecule has 0 radical (unpaired) electrons. The van der Waals surface area contributed by atoms with Gasteiger partial charge in [-0.3, -0.25) is 4.79 Å². The Hall–Kier alpha value is -2.03. The number of Topliss-reactive ketones (excluding diaryl/α,β-unsaturated/α-hetero) is 1. The number of nitrogens with one attached hydrogen (secondary N) is 1. The molecule has 2 aliphatic rings. The van der Waals surface area contributed by atoms with Crippen LogP contribution in [0, 0.1) is 12.8 Å². The van der Waals surface area contributed by atoms with Crippen molar-refractivity contribution in [2.75, 3.05) is 5.32 Å². The fraction of sp³-hybridized carbons (Fsp3) is 0.389. The highest BCUT2D eigenvalue weighted by atomic mass is 16.1. The number of benzene rings is 1. The van der Waals surface area contributed by atoms with Crippen molar-refractivity contribution in [1.29, 1.82) is 0 Å². The fourth-order valence-electron chi connectivity index (χ4n) is 3.89. The molecule has 4 rings (SSSR count). The van der Waals surface area contributed by atoms with Gasteiger partial charge in [0.05, 0.1) is 5.92 Å². The summed E-state index contributed by atoms with van der Waals surface area (Å²) in [6, 6.07) is 12.7. The highest BCUT2D eigenvalue weighted by Gasteiger charge is 2.43. The first kappa shape index (κ1) is 12.7. The zero-order valence-electron chi connectivity index (χ0n) is 12.3. The van der Waals surface area contributed by atoms with Crippen molar-refractivity contribution in [3.8, 4) is 0 Å². The van der Waals surface area contributed by atoms with Crippen LogP contribution in [0.15, 0.2) is 42.6 Å². The summed E-state index contributed by atoms with van der Waals surface area (Å²) >= 11 is 0. The second-order valence-electron chi connectivity index (χ2n) is 6.29. The number of para-hydroxylation sites is 1. The lowest BCUT2D eigenvalue weighted by Gasteiger charge is -2.31. The van der Waals surface area contributed by atoms with Crippen molar-refractivity contribution < 1.29 is 4.79 Å². The number of ketones is 1. The molecule has 0 bridgehead atoms. The standard InChI is InChI=1S/C18H20N2O/c1-12-5-4-10-20(12)11-13-8-9-16-17(18(13)21)14-6-2-3-7-15(14)19-16/h2-7,10,13,16-17,19H,8-9,11H2,1H3. The molecule has 1 saturated carbocycles. The highest BCUT2D eigenvalue weighted by molar-refractivity contribution is 5.93. The Kier molecular flexibility index (Phi) is 2.88. The van der Waals surface area contributed by atoms with E-state index in [4.69, 9.17) is 0 Å². The van der Waals surface area contributed by atoms with E-state index >= 15 is 0 Å². The first-order valence-corrected chi connectivity index (χ1v) is 7.75. The predicted octanol–water partition coefficient (Wildman–Crippen LogP) is 3.35. The zero-order chi connectivity index (χ0) is 14.4. The molecular formula is C18H20N2O. The van der Waals surface area contributed by atoms with Crippen molar-refractivity contribution in [2.45, 2.75) is 38.3 Å². The molecule has 2 aromatic rings. The second-order valence-corrected chi connectivity index (χ2v) is 6.29. The summed E-state index contributed by atoms with van der Waals surface area (Å²) in [6.07, 6.45) is 4.14. The molecule has 1 aliphatic heterocycles. The van der Waals surface area contributed by atoms with Gasteiger partial charge in [-0.05, 0) is 43.5 Å². The Labute approximate surface area is 125 Å². The average Bonchev–Trinajstić information content (AvgIpc) is 3.06. The van der Waals surface area contributed by atoms with E-state index in [2.05, 4.69) is 47.3 Å². The lowest BCUT2D eigenvalue weighted by molar-refractivity contribution is -0.126. The maximum absolute atomic E-state index is 13.0. The van der Waals surface area contributed by atoms with Crippen LogP contribution in [0.3, 0.4) is 0 Å². The molecule has 1 aliphatic carbocycles. The number of anilines is 1. The maximum Gasteiger partial charge on any atom is 0.147 e. The molecule has 1 fully saturated rings. The third-order valence-corrected chi connectivity index (χ3v) is 5.05. The Balaban J connectivity index is 1.61. The largest absolute Gasteiger partial charge is 0.381 e. The van der Waals surface area contributed by atoms with E-state index in [0.29, 0.717) is 11.8 Å². The summed E-state index contributed by atoms with van der Waals surface area (Å²) in [5, 5.41) is 3.53. The van der Waals surface area contributed by atoms with Crippen molar-refractivity contribution in [2.24, 2.45) is 5.92 Å². The third-order valence-electron chi connectivity index (χ3n) is 5.05. The molecular weight excluding hydrogens is 260 g/mol. The number of hydrogen-bond acceptors (Lipinski definition) is 2. The molecule has 3 nitrogen and oxygen atoms in total. The minimum atomic E-state index is 0.0517. The van der Waals surface area contributed by atoms with E-state index < -0.39 is 0 Å². The first-order valence-electron chi connectivity index (χ1n) is 7.75. The van der Waals surface area contributed by atoms with Gasteiger partial charge in [-0.25, -0.2) is 0 Å². The highest BCUT2D eigenvalue weighted by Crippen LogP contribution is 2.43. The third kappa shape index (κ3) is 1.99. The fourth-order valence-corrected chi connectivity index (χ4v) is 3.89. The van der Waals surface area contributed by atoms with Crippen LogP contribution in [0.1, 0.15) is 30.0 Å². The van der Waals surface area contributed by atoms with Crippen LogP contribution in [-0.4, -0.2) is 16.4 Å². The van der Waals surface area contributed by atoms with Gasteiger partial charge in [0.2, 0.25) is 0 Å². The van der Waals surface area contributed by atoms with Crippen molar-refractivity contribution in [3.05, 3.63) is 53.9 Å². The normalized spacial score (nSPS) is 27.1. The summed E-state index contributed by atoms with van der Waals surface area (Å²) in [5.74, 6) is 0.609. The number of aryl methyl sites for hydroxylation is 1. The summed E-state index contributed by atoms with van der Waals surface area (Å²) in [5.41, 5.74) is 3.58. The number of aromatic nitrogens is 1. The number of rotatable bonds is 2. The molecule has 3 atom stereocenters. The second kappa shape index (κ2) is 4.76. The molecule has 21 heavy (non-hydrogen) atoms. The van der Waals surface area contributed by atoms with Crippen LogP contribution in [0.25, 0.3) is 0 Å². The topological polar surface area (TPSA) is 34.0 Å². The quantitative estimate of drug-likeness (QED) is 0.915. The Morgan fingerprint density at radius 3 is 2.86 bits per heavy atom. The minimum Gasteiger partial charge on any atom is -0.381 e. The zero-order valence-corrected chi connectivity index (χ0v) is 12.3. The van der Waals surface area contributed by atoms with Crippen LogP contribution < -0.4 is 5.32 Å². The monoisotopic (exact) mass is 280 g/mol. The SMILES string of the molecule is Cc1cccn1CC1CCC2Nc3ccccc3C2C1=O. The van der Waals surface area contributed by atoms with Gasteiger partial charge in [0.1, 0.15) is 5.78 Å². The average molecular weight is 280 g/mol.